The highest BCUT2D eigenvalue weighted by Gasteiger charge is 2.26. The highest BCUT2D eigenvalue weighted by atomic mass is 32.1. The van der Waals surface area contributed by atoms with E-state index in [-0.39, 0.29) is 0 Å². The highest BCUT2D eigenvalue weighted by Crippen LogP contribution is 2.18. The second-order valence-corrected chi connectivity index (χ2v) is 5.82. The van der Waals surface area contributed by atoms with Gasteiger partial charge in [0.1, 0.15) is 0 Å². The average Bonchev–Trinajstić information content (AvgIpc) is 2.69. The van der Waals surface area contributed by atoms with E-state index in [1.54, 1.807) is 11.3 Å². The second kappa shape index (κ2) is 5.30. The van der Waals surface area contributed by atoms with Gasteiger partial charge in [-0.05, 0) is 55.2 Å². The third kappa shape index (κ3) is 3.06. The maximum absolute atomic E-state index is 3.68. The zero-order valence-electron chi connectivity index (χ0n) is 10.3. The Hall–Kier alpha value is -0.380. The lowest BCUT2D eigenvalue weighted by molar-refractivity contribution is 0.209. The minimum atomic E-state index is 0.298. The van der Waals surface area contributed by atoms with Crippen molar-refractivity contribution in [2.24, 2.45) is 0 Å². The molecule has 1 aliphatic rings. The molecule has 0 bridgehead atoms. The Morgan fingerprint density at radius 2 is 2.44 bits per heavy atom. The van der Waals surface area contributed by atoms with Gasteiger partial charge >= 0.3 is 0 Å². The van der Waals surface area contributed by atoms with Crippen LogP contribution < -0.4 is 5.32 Å². The molecule has 1 unspecified atom stereocenters. The van der Waals surface area contributed by atoms with Crippen molar-refractivity contribution < 1.29 is 0 Å². The van der Waals surface area contributed by atoms with Crippen LogP contribution in [0.15, 0.2) is 16.8 Å². The molecular weight excluding hydrogens is 216 g/mol. The van der Waals surface area contributed by atoms with Gasteiger partial charge in [0.25, 0.3) is 0 Å². The summed E-state index contributed by atoms with van der Waals surface area (Å²) in [6, 6.07) is 2.24. The molecule has 1 aromatic rings. The second-order valence-electron chi connectivity index (χ2n) is 5.04. The first kappa shape index (κ1) is 12.1. The number of rotatable bonds is 3. The summed E-state index contributed by atoms with van der Waals surface area (Å²) >= 11 is 1.80. The largest absolute Gasteiger partial charge is 0.310 e. The van der Waals surface area contributed by atoms with Gasteiger partial charge in [0.2, 0.25) is 0 Å². The zero-order valence-corrected chi connectivity index (χ0v) is 11.1. The van der Waals surface area contributed by atoms with Crippen molar-refractivity contribution in [2.75, 3.05) is 19.6 Å². The zero-order chi connectivity index (χ0) is 11.4. The Labute approximate surface area is 103 Å². The van der Waals surface area contributed by atoms with Crippen LogP contribution in [-0.2, 0) is 6.54 Å². The van der Waals surface area contributed by atoms with Gasteiger partial charge in [0.05, 0.1) is 0 Å². The van der Waals surface area contributed by atoms with Gasteiger partial charge in [-0.1, -0.05) is 6.92 Å². The molecule has 1 N–H and O–H groups in total. The van der Waals surface area contributed by atoms with E-state index in [9.17, 15) is 0 Å². The fourth-order valence-electron chi connectivity index (χ4n) is 2.33. The van der Waals surface area contributed by atoms with E-state index >= 15 is 0 Å². The lowest BCUT2D eigenvalue weighted by Gasteiger charge is -2.32. The van der Waals surface area contributed by atoms with Crippen molar-refractivity contribution in [3.05, 3.63) is 22.4 Å². The van der Waals surface area contributed by atoms with Gasteiger partial charge in [-0.15, -0.1) is 0 Å². The van der Waals surface area contributed by atoms with Gasteiger partial charge in [0.15, 0.2) is 0 Å². The molecule has 16 heavy (non-hydrogen) atoms. The number of nitrogens with zero attached hydrogens (tertiary/aromatic N) is 1. The Kier molecular flexibility index (Phi) is 4.00. The fourth-order valence-corrected chi connectivity index (χ4v) is 2.99. The molecule has 0 spiro atoms. The molecule has 2 heterocycles. The Morgan fingerprint density at radius 3 is 3.12 bits per heavy atom. The number of hydrogen-bond acceptors (Lipinski definition) is 3. The summed E-state index contributed by atoms with van der Waals surface area (Å²) in [7, 11) is 0. The highest BCUT2D eigenvalue weighted by molar-refractivity contribution is 7.07. The molecule has 3 heteroatoms. The monoisotopic (exact) mass is 238 g/mol. The van der Waals surface area contributed by atoms with Crippen molar-refractivity contribution in [3.8, 4) is 0 Å². The molecule has 2 nitrogen and oxygen atoms in total. The average molecular weight is 238 g/mol. The molecule has 0 radical (unpaired) electrons. The predicted octanol–water partition coefficient (Wildman–Crippen LogP) is 2.71. The molecule has 1 atom stereocenters. The standard InChI is InChI=1S/C13H22N2S/c1-3-13(2)11-15(7-4-6-14-13)9-12-5-8-16-10-12/h5,8,10,14H,3-4,6-7,9,11H2,1-2H3. The topological polar surface area (TPSA) is 15.3 Å². The van der Waals surface area contributed by atoms with Crippen LogP contribution in [0.5, 0.6) is 0 Å². The maximum Gasteiger partial charge on any atom is 0.0277 e. The van der Waals surface area contributed by atoms with Crippen molar-refractivity contribution in [1.29, 1.82) is 0 Å². The molecule has 1 fully saturated rings. The van der Waals surface area contributed by atoms with Crippen molar-refractivity contribution in [1.82, 2.24) is 10.2 Å². The minimum absolute atomic E-state index is 0.298. The molecule has 90 valence electrons. The summed E-state index contributed by atoms with van der Waals surface area (Å²) in [5.41, 5.74) is 1.76. The fraction of sp³-hybridized carbons (Fsp3) is 0.692. The molecule has 0 aromatic carbocycles. The van der Waals surface area contributed by atoms with Crippen LogP contribution in [0.4, 0.5) is 0 Å². The van der Waals surface area contributed by atoms with E-state index in [0.29, 0.717) is 5.54 Å². The third-order valence-corrected chi connectivity index (χ3v) is 4.27. The number of hydrogen-bond donors (Lipinski definition) is 1. The summed E-state index contributed by atoms with van der Waals surface area (Å²) in [4.78, 5) is 2.59. The normalized spacial score (nSPS) is 27.9. The van der Waals surface area contributed by atoms with Crippen molar-refractivity contribution >= 4 is 11.3 Å². The molecule has 1 aromatic heterocycles. The van der Waals surface area contributed by atoms with E-state index < -0.39 is 0 Å². The quantitative estimate of drug-likeness (QED) is 0.871. The first-order valence-electron chi connectivity index (χ1n) is 6.20. The smallest absolute Gasteiger partial charge is 0.0277 e. The van der Waals surface area contributed by atoms with E-state index in [2.05, 4.69) is 40.9 Å². The van der Waals surface area contributed by atoms with Crippen LogP contribution in [0.25, 0.3) is 0 Å². The molecular formula is C13H22N2S. The van der Waals surface area contributed by atoms with Gasteiger partial charge in [-0.2, -0.15) is 11.3 Å². The van der Waals surface area contributed by atoms with Crippen LogP contribution in [0, 0.1) is 0 Å². The van der Waals surface area contributed by atoms with Gasteiger partial charge in [-0.25, -0.2) is 0 Å². The van der Waals surface area contributed by atoms with Crippen LogP contribution >= 0.6 is 11.3 Å². The first-order chi connectivity index (χ1) is 7.72. The van der Waals surface area contributed by atoms with Gasteiger partial charge in [0, 0.05) is 18.6 Å². The molecule has 2 rings (SSSR count). The maximum atomic E-state index is 3.68. The van der Waals surface area contributed by atoms with Crippen molar-refractivity contribution in [3.63, 3.8) is 0 Å². The Balaban J connectivity index is 1.98. The lowest BCUT2D eigenvalue weighted by atomic mass is 9.98. The Morgan fingerprint density at radius 1 is 1.56 bits per heavy atom. The minimum Gasteiger partial charge on any atom is -0.310 e. The number of nitrogens with one attached hydrogen (secondary N) is 1. The van der Waals surface area contributed by atoms with E-state index in [1.165, 1.54) is 31.5 Å². The molecule has 1 saturated heterocycles. The van der Waals surface area contributed by atoms with Gasteiger partial charge in [-0.3, -0.25) is 4.90 Å². The molecule has 1 aliphatic heterocycles. The van der Waals surface area contributed by atoms with Crippen LogP contribution in [0.3, 0.4) is 0 Å². The summed E-state index contributed by atoms with van der Waals surface area (Å²) in [6.45, 7) is 9.28. The van der Waals surface area contributed by atoms with Crippen LogP contribution in [0.1, 0.15) is 32.3 Å². The van der Waals surface area contributed by atoms with Crippen molar-refractivity contribution in [2.45, 2.75) is 38.8 Å². The summed E-state index contributed by atoms with van der Waals surface area (Å²) in [5.74, 6) is 0. The Bertz CT molecular complexity index is 310. The first-order valence-corrected chi connectivity index (χ1v) is 7.14. The lowest BCUT2D eigenvalue weighted by Crippen LogP contribution is -2.48. The molecule has 0 amide bonds. The summed E-state index contributed by atoms with van der Waals surface area (Å²) in [6.07, 6.45) is 2.47. The SMILES string of the molecule is CCC1(C)CN(Cc2ccsc2)CCCN1. The molecule has 0 saturated carbocycles. The van der Waals surface area contributed by atoms with Crippen LogP contribution in [0.2, 0.25) is 0 Å². The van der Waals surface area contributed by atoms with E-state index in [0.717, 1.165) is 13.1 Å². The molecule has 0 aliphatic carbocycles. The van der Waals surface area contributed by atoms with E-state index in [1.807, 2.05) is 0 Å². The summed E-state index contributed by atoms with van der Waals surface area (Å²) < 4.78 is 0. The van der Waals surface area contributed by atoms with Crippen LogP contribution in [-0.4, -0.2) is 30.1 Å². The summed E-state index contributed by atoms with van der Waals surface area (Å²) in [5, 5.41) is 8.11. The predicted molar refractivity (Wildman–Crippen MR) is 70.9 cm³/mol. The van der Waals surface area contributed by atoms with Gasteiger partial charge < -0.3 is 5.32 Å². The van der Waals surface area contributed by atoms with E-state index in [4.69, 9.17) is 0 Å². The number of thiophene rings is 1. The third-order valence-electron chi connectivity index (χ3n) is 3.54.